The molecule has 26 heavy (non-hydrogen) atoms. The van der Waals surface area contributed by atoms with Gasteiger partial charge in [-0.05, 0) is 36.3 Å². The molecule has 0 spiro atoms. The minimum absolute atomic E-state index is 0.0452. The van der Waals surface area contributed by atoms with Crippen LogP contribution in [-0.4, -0.2) is 22.2 Å². The topological polar surface area (TPSA) is 74.6 Å². The van der Waals surface area contributed by atoms with E-state index in [4.69, 9.17) is 10.2 Å². The van der Waals surface area contributed by atoms with Crippen LogP contribution in [0.4, 0.5) is 17.6 Å². The summed E-state index contributed by atoms with van der Waals surface area (Å²) >= 11 is 0. The summed E-state index contributed by atoms with van der Waals surface area (Å²) in [4.78, 5) is 20.2. The van der Waals surface area contributed by atoms with E-state index in [-0.39, 0.29) is 24.0 Å². The van der Waals surface area contributed by atoms with Gasteiger partial charge in [0, 0.05) is 30.2 Å². The van der Waals surface area contributed by atoms with Gasteiger partial charge in [-0.3, -0.25) is 4.79 Å². The first-order chi connectivity index (χ1) is 12.2. The van der Waals surface area contributed by atoms with E-state index in [0.29, 0.717) is 6.07 Å². The Morgan fingerprint density at radius 3 is 1.96 bits per heavy atom. The molecule has 0 fully saturated rings. The van der Waals surface area contributed by atoms with E-state index in [1.54, 1.807) is 0 Å². The van der Waals surface area contributed by atoms with Crippen molar-refractivity contribution in [3.63, 3.8) is 0 Å². The fourth-order valence-electron chi connectivity index (χ4n) is 1.76. The summed E-state index contributed by atoms with van der Waals surface area (Å²) in [6.45, 7) is 0. The minimum Gasteiger partial charge on any atom is -0.481 e. The Hall–Kier alpha value is -3.16. The molecular formula is C18H14F4O4. The van der Waals surface area contributed by atoms with Crippen LogP contribution in [-0.2, 0) is 16.0 Å². The van der Waals surface area contributed by atoms with Gasteiger partial charge in [-0.1, -0.05) is 6.07 Å². The third kappa shape index (κ3) is 7.61. The molecule has 0 unspecified atom stereocenters. The van der Waals surface area contributed by atoms with Crippen molar-refractivity contribution in [3.05, 3.63) is 76.9 Å². The first-order valence-corrected chi connectivity index (χ1v) is 7.21. The van der Waals surface area contributed by atoms with Gasteiger partial charge in [0.05, 0.1) is 0 Å². The maximum atomic E-state index is 12.9. The average molecular weight is 370 g/mol. The molecule has 0 saturated heterocycles. The highest BCUT2D eigenvalue weighted by molar-refractivity contribution is 5.85. The molecule has 0 aliphatic heterocycles. The lowest BCUT2D eigenvalue weighted by Gasteiger charge is -2.00. The molecular weight excluding hydrogens is 356 g/mol. The Labute approximate surface area is 146 Å². The molecule has 0 saturated carbocycles. The lowest BCUT2D eigenvalue weighted by molar-refractivity contribution is -0.137. The molecule has 0 aliphatic rings. The quantitative estimate of drug-likeness (QED) is 0.615. The molecule has 0 aromatic heterocycles. The van der Waals surface area contributed by atoms with Crippen LogP contribution in [0.2, 0.25) is 0 Å². The number of carboxylic acids is 2. The van der Waals surface area contributed by atoms with Crippen LogP contribution in [0, 0.1) is 23.3 Å². The number of rotatable bonds is 5. The van der Waals surface area contributed by atoms with E-state index >= 15 is 0 Å². The minimum atomic E-state index is -1.18. The van der Waals surface area contributed by atoms with Gasteiger partial charge in [-0.25, -0.2) is 22.4 Å². The number of halogens is 4. The Bertz CT molecular complexity index is 819. The SMILES string of the molecule is O=C(O)/C=C/c1ccc(F)cc1F.O=C(O)CCc1ccc(F)cc1F. The summed E-state index contributed by atoms with van der Waals surface area (Å²) in [7, 11) is 0. The van der Waals surface area contributed by atoms with Gasteiger partial charge in [0.1, 0.15) is 23.3 Å². The summed E-state index contributed by atoms with van der Waals surface area (Å²) in [5.41, 5.74) is 0.271. The van der Waals surface area contributed by atoms with Gasteiger partial charge >= 0.3 is 11.9 Å². The molecule has 0 heterocycles. The number of hydrogen-bond donors (Lipinski definition) is 2. The van der Waals surface area contributed by atoms with Crippen molar-refractivity contribution in [1.29, 1.82) is 0 Å². The number of carbonyl (C=O) groups is 2. The van der Waals surface area contributed by atoms with Crippen molar-refractivity contribution in [2.24, 2.45) is 0 Å². The summed E-state index contributed by atoms with van der Waals surface area (Å²) in [6.07, 6.45) is 1.79. The highest BCUT2D eigenvalue weighted by Crippen LogP contribution is 2.12. The highest BCUT2D eigenvalue weighted by atomic mass is 19.1. The summed E-state index contributed by atoms with van der Waals surface area (Å²) in [5.74, 6) is -4.99. The summed E-state index contributed by atoms with van der Waals surface area (Å²) < 4.78 is 50.4. The maximum absolute atomic E-state index is 12.9. The van der Waals surface area contributed by atoms with Crippen LogP contribution in [0.3, 0.4) is 0 Å². The van der Waals surface area contributed by atoms with Gasteiger partial charge in [0.25, 0.3) is 0 Å². The van der Waals surface area contributed by atoms with Crippen LogP contribution >= 0.6 is 0 Å². The molecule has 2 rings (SSSR count). The summed E-state index contributed by atoms with van der Waals surface area (Å²) in [5, 5.41) is 16.6. The largest absolute Gasteiger partial charge is 0.481 e. The number of benzene rings is 2. The zero-order chi connectivity index (χ0) is 19.7. The fraction of sp³-hybridized carbons (Fsp3) is 0.111. The number of carboxylic acid groups (broad SMARTS) is 2. The molecule has 2 aromatic rings. The van der Waals surface area contributed by atoms with Crippen LogP contribution in [0.5, 0.6) is 0 Å². The van der Waals surface area contributed by atoms with Crippen LogP contribution in [0.15, 0.2) is 42.5 Å². The standard InChI is InChI=1S/C9H8F2O2.C9H6F2O2/c2*10-7-3-1-6(8(11)5-7)2-4-9(12)13/h1,3,5H,2,4H2,(H,12,13);1-5H,(H,12,13)/b;4-2+. The molecule has 138 valence electrons. The Balaban J connectivity index is 0.000000260. The van der Waals surface area contributed by atoms with E-state index in [2.05, 4.69) is 0 Å². The van der Waals surface area contributed by atoms with Gasteiger partial charge in [-0.15, -0.1) is 0 Å². The monoisotopic (exact) mass is 370 g/mol. The third-order valence-corrected chi connectivity index (χ3v) is 2.99. The van der Waals surface area contributed by atoms with Gasteiger partial charge in [-0.2, -0.15) is 0 Å². The zero-order valence-corrected chi connectivity index (χ0v) is 13.3. The van der Waals surface area contributed by atoms with Crippen LogP contribution in [0.25, 0.3) is 6.08 Å². The fourth-order valence-corrected chi connectivity index (χ4v) is 1.76. The summed E-state index contributed by atoms with van der Waals surface area (Å²) in [6, 6.07) is 6.04. The third-order valence-electron chi connectivity index (χ3n) is 2.99. The molecule has 2 N–H and O–H groups in total. The van der Waals surface area contributed by atoms with Crippen molar-refractivity contribution in [3.8, 4) is 0 Å². The van der Waals surface area contributed by atoms with Crippen LogP contribution in [0.1, 0.15) is 17.5 Å². The number of aliphatic carboxylic acids is 2. The van der Waals surface area contributed by atoms with E-state index in [1.165, 1.54) is 12.1 Å². The normalized spacial score (nSPS) is 10.3. The van der Waals surface area contributed by atoms with Crippen LogP contribution < -0.4 is 0 Å². The van der Waals surface area contributed by atoms with Crippen molar-refractivity contribution >= 4 is 18.0 Å². The second kappa shape index (κ2) is 9.97. The molecule has 8 heteroatoms. The second-order valence-corrected chi connectivity index (χ2v) is 4.97. The zero-order valence-electron chi connectivity index (χ0n) is 13.3. The lowest BCUT2D eigenvalue weighted by atomic mass is 10.1. The molecule has 0 aliphatic carbocycles. The predicted molar refractivity (Wildman–Crippen MR) is 85.3 cm³/mol. The Kier molecular flexibility index (Phi) is 8.01. The van der Waals surface area contributed by atoms with E-state index < -0.39 is 35.2 Å². The second-order valence-electron chi connectivity index (χ2n) is 4.97. The first-order valence-electron chi connectivity index (χ1n) is 7.21. The molecule has 0 amide bonds. The van der Waals surface area contributed by atoms with E-state index in [0.717, 1.165) is 30.4 Å². The molecule has 0 bridgehead atoms. The van der Waals surface area contributed by atoms with Crippen molar-refractivity contribution < 1.29 is 37.4 Å². The maximum Gasteiger partial charge on any atom is 0.328 e. The van der Waals surface area contributed by atoms with Crippen molar-refractivity contribution in [2.45, 2.75) is 12.8 Å². The average Bonchev–Trinajstić information content (AvgIpc) is 2.53. The number of aryl methyl sites for hydroxylation is 1. The lowest BCUT2D eigenvalue weighted by Crippen LogP contribution is -1.99. The van der Waals surface area contributed by atoms with E-state index in [9.17, 15) is 27.2 Å². The predicted octanol–water partition coefficient (Wildman–Crippen LogP) is 4.04. The Morgan fingerprint density at radius 2 is 1.46 bits per heavy atom. The molecule has 4 nitrogen and oxygen atoms in total. The van der Waals surface area contributed by atoms with Crippen molar-refractivity contribution in [2.75, 3.05) is 0 Å². The van der Waals surface area contributed by atoms with E-state index in [1.807, 2.05) is 0 Å². The smallest absolute Gasteiger partial charge is 0.328 e. The van der Waals surface area contributed by atoms with Crippen molar-refractivity contribution in [1.82, 2.24) is 0 Å². The molecule has 0 radical (unpaired) electrons. The highest BCUT2D eigenvalue weighted by Gasteiger charge is 2.05. The van der Waals surface area contributed by atoms with Gasteiger partial charge in [0.15, 0.2) is 0 Å². The molecule has 2 aromatic carbocycles. The first kappa shape index (κ1) is 20.9. The van der Waals surface area contributed by atoms with Gasteiger partial charge in [0.2, 0.25) is 0 Å². The molecule has 0 atom stereocenters. The Morgan fingerprint density at radius 1 is 0.885 bits per heavy atom. The number of hydrogen-bond acceptors (Lipinski definition) is 2. The van der Waals surface area contributed by atoms with Gasteiger partial charge < -0.3 is 10.2 Å².